The van der Waals surface area contributed by atoms with Gasteiger partial charge in [-0.05, 0) is 30.8 Å². The number of nitrogens with zero attached hydrogens (tertiary/aromatic N) is 1. The van der Waals surface area contributed by atoms with Gasteiger partial charge >= 0.3 is 0 Å². The molecule has 0 saturated heterocycles. The van der Waals surface area contributed by atoms with Crippen LogP contribution < -0.4 is 4.74 Å². The summed E-state index contributed by atoms with van der Waals surface area (Å²) in [7, 11) is 3.57. The number of hydrogen-bond acceptors (Lipinski definition) is 4. The molecule has 24 heavy (non-hydrogen) atoms. The fraction of sp³-hybridized carbons (Fsp3) is 0.368. The summed E-state index contributed by atoms with van der Waals surface area (Å²) in [4.78, 5) is 2.01. The zero-order valence-corrected chi connectivity index (χ0v) is 14.1. The summed E-state index contributed by atoms with van der Waals surface area (Å²) >= 11 is 0. The molecule has 0 spiro atoms. The highest BCUT2D eigenvalue weighted by molar-refractivity contribution is 5.28. The minimum absolute atomic E-state index is 0.156. The Morgan fingerprint density at radius 3 is 2.71 bits per heavy atom. The largest absolute Gasteiger partial charge is 0.497 e. The molecule has 0 aliphatic rings. The molecule has 5 heteroatoms. The van der Waals surface area contributed by atoms with Gasteiger partial charge in [-0.2, -0.15) is 0 Å². The Labute approximate surface area is 142 Å². The Hall–Kier alpha value is -1.95. The molecule has 2 aromatic rings. The average Bonchev–Trinajstić information content (AvgIpc) is 2.56. The Kier molecular flexibility index (Phi) is 7.18. The zero-order valence-electron chi connectivity index (χ0n) is 14.1. The van der Waals surface area contributed by atoms with E-state index in [0.29, 0.717) is 18.7 Å². The lowest BCUT2D eigenvalue weighted by Gasteiger charge is -2.21. The van der Waals surface area contributed by atoms with Crippen LogP contribution >= 0.6 is 0 Å². The molecule has 130 valence electrons. The second-order valence-electron chi connectivity index (χ2n) is 5.81. The Morgan fingerprint density at radius 1 is 1.17 bits per heavy atom. The van der Waals surface area contributed by atoms with Gasteiger partial charge in [0.05, 0.1) is 26.4 Å². The van der Waals surface area contributed by atoms with Crippen molar-refractivity contribution in [1.29, 1.82) is 0 Å². The van der Waals surface area contributed by atoms with Crippen LogP contribution in [0.25, 0.3) is 0 Å². The fourth-order valence-electron chi connectivity index (χ4n) is 2.48. The van der Waals surface area contributed by atoms with Crippen LogP contribution in [-0.2, 0) is 17.9 Å². The van der Waals surface area contributed by atoms with E-state index in [1.165, 1.54) is 6.07 Å². The third-order valence-corrected chi connectivity index (χ3v) is 3.63. The Morgan fingerprint density at radius 2 is 1.96 bits per heavy atom. The highest BCUT2D eigenvalue weighted by atomic mass is 19.1. The maximum atomic E-state index is 13.5. The predicted octanol–water partition coefficient (Wildman–Crippen LogP) is 2.84. The smallest absolute Gasteiger partial charge is 0.128 e. The van der Waals surface area contributed by atoms with Crippen LogP contribution in [0.4, 0.5) is 4.39 Å². The Bertz CT molecular complexity index is 636. The van der Waals surface area contributed by atoms with Gasteiger partial charge in [0.2, 0.25) is 0 Å². The topological polar surface area (TPSA) is 41.9 Å². The first-order chi connectivity index (χ1) is 11.6. The number of benzene rings is 2. The standard InChI is InChI=1S/C19H24FNO3/c1-21(11-15-6-5-8-18(10-15)23-2)12-17(22)14-24-13-16-7-3-4-9-19(16)20/h3-10,17,22H,11-14H2,1-2H3. The maximum Gasteiger partial charge on any atom is 0.128 e. The van der Waals surface area contributed by atoms with E-state index >= 15 is 0 Å². The number of aliphatic hydroxyl groups excluding tert-OH is 1. The molecule has 2 rings (SSSR count). The summed E-state index contributed by atoms with van der Waals surface area (Å²) in [6.07, 6.45) is -0.632. The normalized spacial score (nSPS) is 12.4. The SMILES string of the molecule is COc1cccc(CN(C)CC(O)COCc2ccccc2F)c1. The number of rotatable bonds is 9. The van der Waals surface area contributed by atoms with Gasteiger partial charge in [-0.1, -0.05) is 30.3 Å². The lowest BCUT2D eigenvalue weighted by molar-refractivity contribution is 0.0119. The van der Waals surface area contributed by atoms with Crippen LogP contribution in [0.3, 0.4) is 0 Å². The Balaban J connectivity index is 1.73. The molecule has 2 aromatic carbocycles. The number of halogens is 1. The van der Waals surface area contributed by atoms with Crippen molar-refractivity contribution in [1.82, 2.24) is 4.90 Å². The minimum atomic E-state index is -0.632. The second-order valence-corrected chi connectivity index (χ2v) is 5.81. The quantitative estimate of drug-likeness (QED) is 0.766. The van der Waals surface area contributed by atoms with Crippen LogP contribution in [0.2, 0.25) is 0 Å². The molecule has 1 unspecified atom stereocenters. The average molecular weight is 333 g/mol. The van der Waals surface area contributed by atoms with E-state index in [4.69, 9.17) is 9.47 Å². The van der Waals surface area contributed by atoms with Crippen LogP contribution in [0.5, 0.6) is 5.75 Å². The highest BCUT2D eigenvalue weighted by Crippen LogP contribution is 2.14. The van der Waals surface area contributed by atoms with Crippen molar-refractivity contribution in [2.45, 2.75) is 19.3 Å². The minimum Gasteiger partial charge on any atom is -0.497 e. The lowest BCUT2D eigenvalue weighted by Crippen LogP contribution is -2.31. The molecule has 0 aliphatic heterocycles. The summed E-state index contributed by atoms with van der Waals surface area (Å²) in [6, 6.07) is 14.3. The van der Waals surface area contributed by atoms with Crippen LogP contribution in [0.1, 0.15) is 11.1 Å². The molecule has 0 heterocycles. The van der Waals surface area contributed by atoms with Gasteiger partial charge in [0.1, 0.15) is 11.6 Å². The van der Waals surface area contributed by atoms with Crippen molar-refractivity contribution in [2.24, 2.45) is 0 Å². The van der Waals surface area contributed by atoms with Crippen molar-refractivity contribution in [3.63, 3.8) is 0 Å². The third kappa shape index (κ3) is 5.92. The van der Waals surface area contributed by atoms with Crippen LogP contribution in [-0.4, -0.2) is 43.4 Å². The summed E-state index contributed by atoms with van der Waals surface area (Å²) in [5.74, 6) is 0.525. The summed E-state index contributed by atoms with van der Waals surface area (Å²) < 4.78 is 24.1. The van der Waals surface area contributed by atoms with Gasteiger partial charge < -0.3 is 14.6 Å². The van der Waals surface area contributed by atoms with Crippen molar-refractivity contribution >= 4 is 0 Å². The predicted molar refractivity (Wildman–Crippen MR) is 91.4 cm³/mol. The van der Waals surface area contributed by atoms with Gasteiger partial charge in [0.25, 0.3) is 0 Å². The number of hydrogen-bond donors (Lipinski definition) is 1. The van der Waals surface area contributed by atoms with Crippen LogP contribution in [0.15, 0.2) is 48.5 Å². The molecule has 0 aromatic heterocycles. The molecule has 4 nitrogen and oxygen atoms in total. The molecular formula is C19H24FNO3. The molecule has 0 saturated carbocycles. The molecular weight excluding hydrogens is 309 g/mol. The van der Waals surface area contributed by atoms with E-state index < -0.39 is 6.10 Å². The molecule has 0 amide bonds. The summed E-state index contributed by atoms with van der Waals surface area (Å²) in [5.41, 5.74) is 1.60. The van der Waals surface area contributed by atoms with Gasteiger partial charge in [-0.15, -0.1) is 0 Å². The molecule has 1 atom stereocenters. The molecule has 0 bridgehead atoms. The first-order valence-electron chi connectivity index (χ1n) is 7.89. The fourth-order valence-corrected chi connectivity index (χ4v) is 2.48. The van der Waals surface area contributed by atoms with E-state index in [-0.39, 0.29) is 19.0 Å². The number of likely N-dealkylation sites (N-methyl/N-ethyl adjacent to an activating group) is 1. The summed E-state index contributed by atoms with van der Waals surface area (Å²) in [6.45, 7) is 1.48. The maximum absolute atomic E-state index is 13.5. The van der Waals surface area contributed by atoms with Crippen molar-refractivity contribution in [3.8, 4) is 5.75 Å². The summed E-state index contributed by atoms with van der Waals surface area (Å²) in [5, 5.41) is 10.1. The molecule has 0 radical (unpaired) electrons. The van der Waals surface area contributed by atoms with Crippen molar-refractivity contribution < 1.29 is 19.0 Å². The molecule has 1 N–H and O–H groups in total. The lowest BCUT2D eigenvalue weighted by atomic mass is 10.2. The highest BCUT2D eigenvalue weighted by Gasteiger charge is 2.10. The number of methoxy groups -OCH3 is 1. The molecule has 0 fully saturated rings. The van der Waals surface area contributed by atoms with Gasteiger partial charge in [-0.25, -0.2) is 4.39 Å². The van der Waals surface area contributed by atoms with Crippen LogP contribution in [0, 0.1) is 5.82 Å². The van der Waals surface area contributed by atoms with Crippen molar-refractivity contribution in [2.75, 3.05) is 27.3 Å². The third-order valence-electron chi connectivity index (χ3n) is 3.63. The second kappa shape index (κ2) is 9.37. The van der Waals surface area contributed by atoms with E-state index in [9.17, 15) is 9.50 Å². The van der Waals surface area contributed by atoms with Gasteiger partial charge in [-0.3, -0.25) is 4.90 Å². The van der Waals surface area contributed by atoms with Crippen molar-refractivity contribution in [3.05, 3.63) is 65.5 Å². The monoisotopic (exact) mass is 333 g/mol. The molecule has 0 aliphatic carbocycles. The number of aliphatic hydroxyl groups is 1. The van der Waals surface area contributed by atoms with Gasteiger partial charge in [0.15, 0.2) is 0 Å². The van der Waals surface area contributed by atoms with E-state index in [1.54, 1.807) is 25.3 Å². The number of ether oxygens (including phenoxy) is 2. The van der Waals surface area contributed by atoms with Gasteiger partial charge in [0, 0.05) is 18.7 Å². The zero-order chi connectivity index (χ0) is 17.4. The first-order valence-corrected chi connectivity index (χ1v) is 7.89. The first kappa shape index (κ1) is 18.4. The van der Waals surface area contributed by atoms with E-state index in [0.717, 1.165) is 11.3 Å². The van der Waals surface area contributed by atoms with E-state index in [2.05, 4.69) is 0 Å². The van der Waals surface area contributed by atoms with E-state index in [1.807, 2.05) is 36.2 Å².